The van der Waals surface area contributed by atoms with E-state index in [1.807, 2.05) is 25.1 Å². The molecule has 1 N–H and O–H groups in total. The SMILES string of the molecule is Cc1ccc2nc(NC(=O)C(C)N3C(=O)c4ccccc4C3=O)sc2c1. The quantitative estimate of drug-likeness (QED) is 0.723. The fourth-order valence-electron chi connectivity index (χ4n) is 2.97. The summed E-state index contributed by atoms with van der Waals surface area (Å²) in [5.41, 5.74) is 2.56. The minimum absolute atomic E-state index is 0.326. The summed E-state index contributed by atoms with van der Waals surface area (Å²) in [4.78, 5) is 43.0. The highest BCUT2D eigenvalue weighted by Crippen LogP contribution is 2.28. The van der Waals surface area contributed by atoms with E-state index in [2.05, 4.69) is 10.3 Å². The van der Waals surface area contributed by atoms with Crippen LogP contribution in [0.15, 0.2) is 42.5 Å². The van der Waals surface area contributed by atoms with Gasteiger partial charge in [0.2, 0.25) is 5.91 Å². The number of rotatable bonds is 3. The monoisotopic (exact) mass is 365 g/mol. The van der Waals surface area contributed by atoms with Gasteiger partial charge in [0.05, 0.1) is 21.3 Å². The molecule has 0 saturated carbocycles. The van der Waals surface area contributed by atoms with Crippen molar-refractivity contribution in [1.29, 1.82) is 0 Å². The number of carbonyl (C=O) groups excluding carboxylic acids is 3. The first-order chi connectivity index (χ1) is 12.5. The normalized spacial score (nSPS) is 14.6. The number of thiazole rings is 1. The molecule has 0 spiro atoms. The molecule has 0 fully saturated rings. The lowest BCUT2D eigenvalue weighted by Gasteiger charge is -2.21. The van der Waals surface area contributed by atoms with Crippen molar-refractivity contribution < 1.29 is 14.4 Å². The number of nitrogens with zero attached hydrogens (tertiary/aromatic N) is 2. The van der Waals surface area contributed by atoms with Gasteiger partial charge in [0, 0.05) is 0 Å². The Morgan fingerprint density at radius 3 is 2.42 bits per heavy atom. The van der Waals surface area contributed by atoms with Crippen LogP contribution in [0.4, 0.5) is 5.13 Å². The van der Waals surface area contributed by atoms with Gasteiger partial charge in [0.1, 0.15) is 6.04 Å². The molecule has 4 rings (SSSR count). The van der Waals surface area contributed by atoms with Crippen LogP contribution in [0.3, 0.4) is 0 Å². The van der Waals surface area contributed by atoms with Crippen LogP contribution >= 0.6 is 11.3 Å². The van der Waals surface area contributed by atoms with Crippen molar-refractivity contribution in [1.82, 2.24) is 9.88 Å². The highest BCUT2D eigenvalue weighted by atomic mass is 32.1. The number of aryl methyl sites for hydroxylation is 1. The van der Waals surface area contributed by atoms with Crippen molar-refractivity contribution in [2.75, 3.05) is 5.32 Å². The summed E-state index contributed by atoms with van der Waals surface area (Å²) in [7, 11) is 0. The first-order valence-corrected chi connectivity index (χ1v) is 8.92. The number of benzene rings is 2. The van der Waals surface area contributed by atoms with E-state index in [-0.39, 0.29) is 0 Å². The molecular weight excluding hydrogens is 350 g/mol. The fraction of sp³-hybridized carbons (Fsp3) is 0.158. The zero-order valence-electron chi connectivity index (χ0n) is 14.1. The van der Waals surface area contributed by atoms with E-state index in [4.69, 9.17) is 0 Å². The van der Waals surface area contributed by atoms with E-state index < -0.39 is 23.8 Å². The molecule has 0 saturated heterocycles. The smallest absolute Gasteiger partial charge is 0.262 e. The third-order valence-electron chi connectivity index (χ3n) is 4.37. The predicted octanol–water partition coefficient (Wildman–Crippen LogP) is 3.23. The van der Waals surface area contributed by atoms with Crippen molar-refractivity contribution in [3.63, 3.8) is 0 Å². The first-order valence-electron chi connectivity index (χ1n) is 8.10. The minimum atomic E-state index is -0.934. The summed E-state index contributed by atoms with van der Waals surface area (Å²) in [5, 5.41) is 3.16. The summed E-state index contributed by atoms with van der Waals surface area (Å²) >= 11 is 1.36. The number of nitrogens with one attached hydrogen (secondary N) is 1. The topological polar surface area (TPSA) is 79.4 Å². The Morgan fingerprint density at radius 1 is 1.12 bits per heavy atom. The number of anilines is 1. The van der Waals surface area contributed by atoms with Crippen molar-refractivity contribution in [3.05, 3.63) is 59.2 Å². The molecule has 1 unspecified atom stereocenters. The van der Waals surface area contributed by atoms with E-state index in [0.29, 0.717) is 16.3 Å². The molecule has 1 aliphatic rings. The molecule has 1 aliphatic heterocycles. The fourth-order valence-corrected chi connectivity index (χ4v) is 3.94. The molecular formula is C19H15N3O3S. The van der Waals surface area contributed by atoms with Gasteiger partial charge >= 0.3 is 0 Å². The number of hydrogen-bond acceptors (Lipinski definition) is 5. The zero-order chi connectivity index (χ0) is 18.4. The third-order valence-corrected chi connectivity index (χ3v) is 5.30. The van der Waals surface area contributed by atoms with Crippen molar-refractivity contribution in [3.8, 4) is 0 Å². The molecule has 6 nitrogen and oxygen atoms in total. The van der Waals surface area contributed by atoms with Gasteiger partial charge in [-0.05, 0) is 43.7 Å². The molecule has 7 heteroatoms. The largest absolute Gasteiger partial charge is 0.300 e. The molecule has 2 aromatic carbocycles. The van der Waals surface area contributed by atoms with E-state index >= 15 is 0 Å². The van der Waals surface area contributed by atoms with Crippen LogP contribution in [0.2, 0.25) is 0 Å². The van der Waals surface area contributed by atoms with Crippen LogP contribution in [0.25, 0.3) is 10.2 Å². The van der Waals surface area contributed by atoms with Crippen LogP contribution in [0, 0.1) is 6.92 Å². The number of carbonyl (C=O) groups is 3. The lowest BCUT2D eigenvalue weighted by Crippen LogP contribution is -2.45. The third kappa shape index (κ3) is 2.57. The highest BCUT2D eigenvalue weighted by molar-refractivity contribution is 7.22. The summed E-state index contributed by atoms with van der Waals surface area (Å²) in [6, 6.07) is 11.5. The lowest BCUT2D eigenvalue weighted by atomic mass is 10.1. The predicted molar refractivity (Wildman–Crippen MR) is 99.4 cm³/mol. The van der Waals surface area contributed by atoms with Gasteiger partial charge in [-0.1, -0.05) is 29.5 Å². The maximum atomic E-state index is 12.6. The number of imide groups is 1. The minimum Gasteiger partial charge on any atom is -0.300 e. The van der Waals surface area contributed by atoms with Gasteiger partial charge in [-0.15, -0.1) is 0 Å². The van der Waals surface area contributed by atoms with E-state index in [1.54, 1.807) is 24.3 Å². The molecule has 3 aromatic rings. The Morgan fingerprint density at radius 2 is 1.77 bits per heavy atom. The number of hydrogen-bond donors (Lipinski definition) is 1. The van der Waals surface area contributed by atoms with Crippen LogP contribution in [0.5, 0.6) is 0 Å². The molecule has 2 heterocycles. The summed E-state index contributed by atoms with van der Waals surface area (Å²) < 4.78 is 0.966. The summed E-state index contributed by atoms with van der Waals surface area (Å²) in [6.45, 7) is 3.52. The van der Waals surface area contributed by atoms with Gasteiger partial charge in [0.25, 0.3) is 11.8 Å². The lowest BCUT2D eigenvalue weighted by molar-refractivity contribution is -0.119. The number of amides is 3. The van der Waals surface area contributed by atoms with E-state index in [9.17, 15) is 14.4 Å². The second-order valence-electron chi connectivity index (χ2n) is 6.18. The first kappa shape index (κ1) is 16.4. The molecule has 0 radical (unpaired) electrons. The van der Waals surface area contributed by atoms with Crippen molar-refractivity contribution in [2.45, 2.75) is 19.9 Å². The highest BCUT2D eigenvalue weighted by Gasteiger charge is 2.40. The standard InChI is InChI=1S/C19H15N3O3S/c1-10-7-8-14-15(9-10)26-19(20-14)21-16(23)11(2)22-17(24)12-5-3-4-6-13(12)18(22)25/h3-9,11H,1-2H3,(H,20,21,23). The summed E-state index contributed by atoms with van der Waals surface area (Å²) in [5.74, 6) is -1.35. The maximum absolute atomic E-state index is 12.6. The molecule has 1 aromatic heterocycles. The second-order valence-corrected chi connectivity index (χ2v) is 7.21. The Labute approximate surface area is 153 Å². The zero-order valence-corrected chi connectivity index (χ0v) is 15.0. The van der Waals surface area contributed by atoms with E-state index in [0.717, 1.165) is 20.7 Å². The second kappa shape index (κ2) is 6.03. The molecule has 26 heavy (non-hydrogen) atoms. The number of aromatic nitrogens is 1. The average molecular weight is 365 g/mol. The van der Waals surface area contributed by atoms with Crippen LogP contribution in [-0.2, 0) is 4.79 Å². The van der Waals surface area contributed by atoms with Crippen LogP contribution < -0.4 is 5.32 Å². The van der Waals surface area contributed by atoms with Gasteiger partial charge in [-0.3, -0.25) is 19.3 Å². The average Bonchev–Trinajstić information content (AvgIpc) is 3.13. The van der Waals surface area contributed by atoms with Gasteiger partial charge in [-0.2, -0.15) is 0 Å². The Hall–Kier alpha value is -3.06. The molecule has 130 valence electrons. The Kier molecular flexibility index (Phi) is 3.81. The molecule has 3 amide bonds. The molecule has 0 bridgehead atoms. The van der Waals surface area contributed by atoms with Crippen LogP contribution in [0.1, 0.15) is 33.2 Å². The van der Waals surface area contributed by atoms with Gasteiger partial charge < -0.3 is 5.32 Å². The number of fused-ring (bicyclic) bond motifs is 2. The van der Waals surface area contributed by atoms with Crippen molar-refractivity contribution in [2.24, 2.45) is 0 Å². The Balaban J connectivity index is 1.56. The maximum Gasteiger partial charge on any atom is 0.262 e. The van der Waals surface area contributed by atoms with Gasteiger partial charge in [0.15, 0.2) is 5.13 Å². The van der Waals surface area contributed by atoms with Crippen molar-refractivity contribution >= 4 is 44.4 Å². The molecule has 0 aliphatic carbocycles. The summed E-state index contributed by atoms with van der Waals surface area (Å²) in [6.07, 6.45) is 0. The Bertz CT molecular complexity index is 1040. The van der Waals surface area contributed by atoms with E-state index in [1.165, 1.54) is 18.3 Å². The molecule has 1 atom stereocenters. The van der Waals surface area contributed by atoms with Crippen LogP contribution in [-0.4, -0.2) is 33.6 Å². The van der Waals surface area contributed by atoms with Gasteiger partial charge in [-0.25, -0.2) is 4.98 Å².